The molecule has 4 nitrogen and oxygen atoms in total. The van der Waals surface area contributed by atoms with Crippen molar-refractivity contribution in [2.45, 2.75) is 116 Å². The molecule has 0 aromatic carbocycles. The van der Waals surface area contributed by atoms with Crippen molar-refractivity contribution in [3.8, 4) is 0 Å². The van der Waals surface area contributed by atoms with Crippen LogP contribution in [0.1, 0.15) is 116 Å². The molecule has 5 heteroatoms. The van der Waals surface area contributed by atoms with Crippen LogP contribution in [0.4, 0.5) is 0 Å². The van der Waals surface area contributed by atoms with Crippen molar-refractivity contribution in [3.63, 3.8) is 0 Å². The molecule has 0 unspecified atom stereocenters. The molecule has 0 aliphatic heterocycles. The van der Waals surface area contributed by atoms with Gasteiger partial charge in [0.2, 0.25) is 0 Å². The van der Waals surface area contributed by atoms with Gasteiger partial charge >= 0.3 is 0 Å². The molecule has 0 spiro atoms. The molecule has 0 aliphatic rings. The Morgan fingerprint density at radius 2 is 0.862 bits per heavy atom. The van der Waals surface area contributed by atoms with Gasteiger partial charge in [-0.25, -0.2) is 0 Å². The van der Waals surface area contributed by atoms with Gasteiger partial charge in [0.15, 0.2) is 0 Å². The molecule has 29 heavy (non-hydrogen) atoms. The Labute approximate surface area is 187 Å². The van der Waals surface area contributed by atoms with Gasteiger partial charge in [-0.3, -0.25) is 0 Å². The third-order valence-electron chi connectivity index (χ3n) is 5.26. The first-order valence-electron chi connectivity index (χ1n) is 12.3. The molecule has 0 bridgehead atoms. The Bertz CT molecular complexity index is 286. The van der Waals surface area contributed by atoms with Crippen molar-refractivity contribution in [2.75, 3.05) is 40.9 Å². The smallest absolute Gasteiger partial charge is 0.0878 e. The van der Waals surface area contributed by atoms with Gasteiger partial charge in [-0.1, -0.05) is 103 Å². The first-order valence-corrected chi connectivity index (χ1v) is 12.9. The summed E-state index contributed by atoms with van der Waals surface area (Å²) in [4.78, 5) is 0. The molecule has 0 atom stereocenters. The van der Waals surface area contributed by atoms with Crippen LogP contribution in [0.3, 0.4) is 0 Å². The van der Waals surface area contributed by atoms with Crippen LogP contribution in [-0.4, -0.2) is 45.4 Å². The molecule has 0 heterocycles. The van der Waals surface area contributed by atoms with Crippen molar-refractivity contribution in [2.24, 2.45) is 0 Å². The first-order chi connectivity index (χ1) is 14.0. The number of quaternary nitrogens is 1. The fourth-order valence-electron chi connectivity index (χ4n) is 3.50. The van der Waals surface area contributed by atoms with Gasteiger partial charge in [-0.2, -0.15) is 0 Å². The lowest BCUT2D eigenvalue weighted by Crippen LogP contribution is -2.35. The first kappa shape index (κ1) is 31.3. The maximum Gasteiger partial charge on any atom is 0.0878 e. The molecule has 0 N–H and O–H groups in total. The highest BCUT2D eigenvalue weighted by Gasteiger charge is 2.05. The SMILES string of the molecule is CCCCCCCCCCCCCCCCCCOCCC[N+](C)(C)C.[O-][Cl+][O-]. The minimum absolute atomic E-state index is 0.417. The maximum atomic E-state index is 8.24. The average molecular weight is 438 g/mol. The predicted molar refractivity (Wildman–Crippen MR) is 118 cm³/mol. The highest BCUT2D eigenvalue weighted by atomic mass is 35.6. The van der Waals surface area contributed by atoms with Crippen molar-refractivity contribution in [1.29, 1.82) is 0 Å². The Balaban J connectivity index is 0. The molecule has 0 rings (SSSR count). The largest absolute Gasteiger partial charge is 0.544 e. The van der Waals surface area contributed by atoms with E-state index < -0.39 is 11.3 Å². The summed E-state index contributed by atoms with van der Waals surface area (Å²) in [5, 5.41) is 0. The van der Waals surface area contributed by atoms with Crippen LogP contribution in [0.25, 0.3) is 0 Å². The summed E-state index contributed by atoms with van der Waals surface area (Å²) in [6.07, 6.45) is 24.1. The lowest BCUT2D eigenvalue weighted by Gasteiger charge is -2.23. The number of ether oxygens (including phenoxy) is 1. The summed E-state index contributed by atoms with van der Waals surface area (Å²) in [7, 11) is 6.74. The number of hydrogen-bond donors (Lipinski definition) is 0. The second kappa shape index (κ2) is 26.2. The van der Waals surface area contributed by atoms with Crippen LogP contribution in [0.5, 0.6) is 0 Å². The third-order valence-corrected chi connectivity index (χ3v) is 5.26. The molecular weight excluding hydrogens is 386 g/mol. The molecular formula is C24H52ClNO3. The number of hydrogen-bond acceptors (Lipinski definition) is 3. The lowest BCUT2D eigenvalue weighted by molar-refractivity contribution is -1.41. The molecule has 0 aromatic rings. The van der Waals surface area contributed by atoms with Crippen molar-refractivity contribution in [1.82, 2.24) is 0 Å². The van der Waals surface area contributed by atoms with Gasteiger partial charge in [0, 0.05) is 13.0 Å². The summed E-state index contributed by atoms with van der Waals surface area (Å²) in [5.74, 6) is 0. The summed E-state index contributed by atoms with van der Waals surface area (Å²) >= 11 is -0.417. The summed E-state index contributed by atoms with van der Waals surface area (Å²) in [6.45, 7) is 5.41. The highest BCUT2D eigenvalue weighted by molar-refractivity contribution is 4.50. The van der Waals surface area contributed by atoms with Crippen molar-refractivity contribution >= 4 is 0 Å². The van der Waals surface area contributed by atoms with E-state index in [0.717, 1.165) is 17.7 Å². The number of halogens is 1. The fraction of sp³-hybridized carbons (Fsp3) is 1.00. The average Bonchev–Trinajstić information content (AvgIpc) is 2.66. The summed E-state index contributed by atoms with van der Waals surface area (Å²) in [5.41, 5.74) is 0. The minimum Gasteiger partial charge on any atom is -0.544 e. The van der Waals surface area contributed by atoms with Crippen LogP contribution < -0.4 is 9.32 Å². The lowest BCUT2D eigenvalue weighted by atomic mass is 10.0. The second-order valence-corrected chi connectivity index (χ2v) is 9.47. The van der Waals surface area contributed by atoms with E-state index in [1.165, 1.54) is 116 Å². The van der Waals surface area contributed by atoms with Crippen LogP contribution in [-0.2, 0) is 4.74 Å². The molecule has 0 saturated carbocycles. The van der Waals surface area contributed by atoms with Gasteiger partial charge in [-0.15, -0.1) is 0 Å². The zero-order chi connectivity index (χ0) is 22.1. The van der Waals surface area contributed by atoms with Crippen LogP contribution in [0.2, 0.25) is 0 Å². The molecule has 0 saturated heterocycles. The Morgan fingerprint density at radius 3 is 1.21 bits per heavy atom. The molecule has 0 aliphatic carbocycles. The van der Waals surface area contributed by atoms with Crippen LogP contribution >= 0.6 is 0 Å². The zero-order valence-corrected chi connectivity index (χ0v) is 20.9. The van der Waals surface area contributed by atoms with Crippen molar-refractivity contribution in [3.05, 3.63) is 0 Å². The van der Waals surface area contributed by atoms with Crippen LogP contribution in [0.15, 0.2) is 0 Å². The zero-order valence-electron chi connectivity index (χ0n) is 20.2. The second-order valence-electron chi connectivity index (χ2n) is 9.35. The third kappa shape index (κ3) is 35.9. The van der Waals surface area contributed by atoms with E-state index in [4.69, 9.17) is 14.1 Å². The standard InChI is InChI=1S/C24H52NO.ClO2/c1-5-6-7-8-9-10-11-12-13-14-15-16-17-18-19-20-23-26-24-21-22-25(2,3)4;2-1-3/h5-24H2,1-4H3;/q+1;-1. The fourth-order valence-corrected chi connectivity index (χ4v) is 3.50. The maximum absolute atomic E-state index is 8.24. The summed E-state index contributed by atoms with van der Waals surface area (Å²) < 4.78 is 23.3. The Hall–Kier alpha value is 0.130. The minimum atomic E-state index is -0.417. The monoisotopic (exact) mass is 437 g/mol. The quantitative estimate of drug-likeness (QED) is 0.188. The normalized spacial score (nSPS) is 11.4. The van der Waals surface area contributed by atoms with E-state index >= 15 is 0 Å². The molecule has 0 amide bonds. The van der Waals surface area contributed by atoms with Gasteiger partial charge in [0.05, 0.1) is 45.6 Å². The summed E-state index contributed by atoms with van der Waals surface area (Å²) in [6, 6.07) is 0. The number of nitrogens with zero attached hydrogens (tertiary/aromatic N) is 1. The Morgan fingerprint density at radius 1 is 0.552 bits per heavy atom. The van der Waals surface area contributed by atoms with Crippen LogP contribution in [0, 0.1) is 11.3 Å². The molecule has 0 fully saturated rings. The Kier molecular flexibility index (Phi) is 28.3. The van der Waals surface area contributed by atoms with E-state index in [-0.39, 0.29) is 0 Å². The van der Waals surface area contributed by atoms with Gasteiger partial charge in [-0.05, 0) is 6.42 Å². The van der Waals surface area contributed by atoms with Crippen molar-refractivity contribution < 1.29 is 29.9 Å². The van der Waals surface area contributed by atoms with E-state index in [9.17, 15) is 0 Å². The molecule has 0 radical (unpaired) electrons. The van der Waals surface area contributed by atoms with E-state index in [1.807, 2.05) is 0 Å². The van der Waals surface area contributed by atoms with E-state index in [1.54, 1.807) is 0 Å². The number of rotatable bonds is 21. The van der Waals surface area contributed by atoms with E-state index in [2.05, 4.69) is 28.1 Å². The van der Waals surface area contributed by atoms with Gasteiger partial charge in [0.25, 0.3) is 0 Å². The van der Waals surface area contributed by atoms with Gasteiger partial charge < -0.3 is 18.5 Å². The topological polar surface area (TPSA) is 55.3 Å². The molecule has 178 valence electrons. The highest BCUT2D eigenvalue weighted by Crippen LogP contribution is 2.13. The van der Waals surface area contributed by atoms with Gasteiger partial charge in [0.1, 0.15) is 0 Å². The predicted octanol–water partition coefficient (Wildman–Crippen LogP) is 4.98. The molecule has 0 aromatic heterocycles. The van der Waals surface area contributed by atoms with E-state index in [0.29, 0.717) is 0 Å². The number of unbranched alkanes of at least 4 members (excludes halogenated alkanes) is 15.